The number of aromatic nitrogens is 2. The van der Waals surface area contributed by atoms with E-state index in [0.29, 0.717) is 35.1 Å². The second-order valence-electron chi connectivity index (χ2n) is 9.09. The first kappa shape index (κ1) is 24.0. The van der Waals surface area contributed by atoms with E-state index >= 15 is 0 Å². The van der Waals surface area contributed by atoms with Gasteiger partial charge in [0.1, 0.15) is 23.9 Å². The van der Waals surface area contributed by atoms with Crippen molar-refractivity contribution < 1.29 is 13.9 Å². The standard InChI is InChI=1S/C26H34FN5O2/c1-31(2)9-10-34-26-12-23(21-15-29-30-16-21)24(27)13-25(26)28-14-20-7-8-32(18-20)17-19-5-4-6-22(11-19)33-3/h4-6,11-13,15-16,20,28H,7-10,14,17-18H2,1-3H3,(H,29,30). The van der Waals surface area contributed by atoms with E-state index in [1.165, 1.54) is 11.6 Å². The number of benzene rings is 2. The van der Waals surface area contributed by atoms with Crippen LogP contribution in [0.1, 0.15) is 12.0 Å². The maximum Gasteiger partial charge on any atom is 0.143 e. The highest BCUT2D eigenvalue weighted by Crippen LogP contribution is 2.34. The molecule has 3 aromatic rings. The molecule has 0 radical (unpaired) electrons. The third kappa shape index (κ3) is 6.27. The lowest BCUT2D eigenvalue weighted by Crippen LogP contribution is -2.23. The summed E-state index contributed by atoms with van der Waals surface area (Å²) in [5.74, 6) is 1.73. The summed E-state index contributed by atoms with van der Waals surface area (Å²) in [6.45, 7) is 5.01. The zero-order valence-corrected chi connectivity index (χ0v) is 20.2. The van der Waals surface area contributed by atoms with E-state index < -0.39 is 0 Å². The number of rotatable bonds is 11. The Bertz CT molecular complexity index is 1060. The van der Waals surface area contributed by atoms with Gasteiger partial charge < -0.3 is 19.7 Å². The van der Waals surface area contributed by atoms with Crippen molar-refractivity contribution >= 4 is 5.69 Å². The molecule has 1 aromatic heterocycles. The van der Waals surface area contributed by atoms with Crippen molar-refractivity contribution in [2.75, 3.05) is 59.3 Å². The first-order chi connectivity index (χ1) is 16.5. The second-order valence-corrected chi connectivity index (χ2v) is 9.09. The topological polar surface area (TPSA) is 65.6 Å². The average molecular weight is 468 g/mol. The van der Waals surface area contributed by atoms with Crippen molar-refractivity contribution in [2.24, 2.45) is 5.92 Å². The molecule has 7 nitrogen and oxygen atoms in total. The molecule has 0 amide bonds. The van der Waals surface area contributed by atoms with Gasteiger partial charge in [0.2, 0.25) is 0 Å². The van der Waals surface area contributed by atoms with Gasteiger partial charge in [0.15, 0.2) is 0 Å². The van der Waals surface area contributed by atoms with Crippen LogP contribution in [0.5, 0.6) is 11.5 Å². The summed E-state index contributed by atoms with van der Waals surface area (Å²) >= 11 is 0. The SMILES string of the molecule is COc1cccc(CN2CCC(CNc3cc(F)c(-c4cn[nH]c4)cc3OCCN(C)C)C2)c1. The Balaban J connectivity index is 1.39. The summed E-state index contributed by atoms with van der Waals surface area (Å²) in [5, 5.41) is 10.2. The number of hydrogen-bond acceptors (Lipinski definition) is 6. The van der Waals surface area contributed by atoms with Crippen molar-refractivity contribution in [3.05, 3.63) is 60.2 Å². The number of ether oxygens (including phenoxy) is 2. The minimum atomic E-state index is -0.296. The van der Waals surface area contributed by atoms with Gasteiger partial charge in [0.25, 0.3) is 0 Å². The predicted octanol–water partition coefficient (Wildman–Crippen LogP) is 4.10. The largest absolute Gasteiger partial charge is 0.497 e. The smallest absolute Gasteiger partial charge is 0.143 e. The Hall–Kier alpha value is -3.10. The number of H-pyrrole nitrogens is 1. The first-order valence-electron chi connectivity index (χ1n) is 11.7. The lowest BCUT2D eigenvalue weighted by atomic mass is 10.1. The number of methoxy groups -OCH3 is 1. The molecule has 1 saturated heterocycles. The van der Waals surface area contributed by atoms with Crippen LogP contribution in [0.15, 0.2) is 48.8 Å². The van der Waals surface area contributed by atoms with Crippen LogP contribution < -0.4 is 14.8 Å². The van der Waals surface area contributed by atoms with Crippen molar-refractivity contribution in [3.8, 4) is 22.6 Å². The molecule has 4 rings (SSSR count). The minimum Gasteiger partial charge on any atom is -0.497 e. The Morgan fingerprint density at radius 3 is 2.91 bits per heavy atom. The average Bonchev–Trinajstić information content (AvgIpc) is 3.51. The number of nitrogens with zero attached hydrogens (tertiary/aromatic N) is 3. The fraction of sp³-hybridized carbons (Fsp3) is 0.423. The molecular weight excluding hydrogens is 433 g/mol. The van der Waals surface area contributed by atoms with Crippen molar-refractivity contribution in [1.29, 1.82) is 0 Å². The number of nitrogens with one attached hydrogen (secondary N) is 2. The zero-order valence-electron chi connectivity index (χ0n) is 20.2. The van der Waals surface area contributed by atoms with Crippen LogP contribution in [-0.2, 0) is 6.54 Å². The molecule has 1 aliphatic heterocycles. The van der Waals surface area contributed by atoms with Crippen LogP contribution in [0.2, 0.25) is 0 Å². The molecule has 182 valence electrons. The van der Waals surface area contributed by atoms with E-state index in [2.05, 4.69) is 37.4 Å². The fourth-order valence-corrected chi connectivity index (χ4v) is 4.27. The van der Waals surface area contributed by atoms with Crippen molar-refractivity contribution in [1.82, 2.24) is 20.0 Å². The minimum absolute atomic E-state index is 0.296. The van der Waals surface area contributed by atoms with Crippen LogP contribution in [-0.4, -0.2) is 74.0 Å². The molecule has 1 aliphatic rings. The van der Waals surface area contributed by atoms with E-state index in [1.54, 1.807) is 25.6 Å². The summed E-state index contributed by atoms with van der Waals surface area (Å²) in [6.07, 6.45) is 4.40. The Labute approximate surface area is 200 Å². The highest BCUT2D eigenvalue weighted by Gasteiger charge is 2.23. The number of aromatic amines is 1. The van der Waals surface area contributed by atoms with Crippen LogP contribution in [0, 0.1) is 11.7 Å². The summed E-state index contributed by atoms with van der Waals surface area (Å²) < 4.78 is 26.3. The molecule has 1 atom stereocenters. The summed E-state index contributed by atoms with van der Waals surface area (Å²) in [6, 6.07) is 11.5. The van der Waals surface area contributed by atoms with Gasteiger partial charge in [0.05, 0.1) is 19.0 Å². The molecule has 8 heteroatoms. The molecular formula is C26H34FN5O2. The molecule has 1 fully saturated rings. The van der Waals surface area contributed by atoms with Crippen LogP contribution in [0.3, 0.4) is 0 Å². The fourth-order valence-electron chi connectivity index (χ4n) is 4.27. The molecule has 0 spiro atoms. The molecule has 0 saturated carbocycles. The molecule has 2 aromatic carbocycles. The monoisotopic (exact) mass is 467 g/mol. The highest BCUT2D eigenvalue weighted by atomic mass is 19.1. The van der Waals surface area contributed by atoms with Gasteiger partial charge in [0, 0.05) is 49.6 Å². The van der Waals surface area contributed by atoms with Gasteiger partial charge in [-0.1, -0.05) is 12.1 Å². The van der Waals surface area contributed by atoms with Crippen LogP contribution >= 0.6 is 0 Å². The summed E-state index contributed by atoms with van der Waals surface area (Å²) in [7, 11) is 5.70. The molecule has 2 heterocycles. The number of likely N-dealkylation sites (N-methyl/N-ethyl adjacent to an activating group) is 1. The molecule has 2 N–H and O–H groups in total. The third-order valence-electron chi connectivity index (χ3n) is 6.17. The molecule has 0 aliphatic carbocycles. The van der Waals surface area contributed by atoms with E-state index in [-0.39, 0.29) is 5.82 Å². The number of halogens is 1. The van der Waals surface area contributed by atoms with Gasteiger partial charge >= 0.3 is 0 Å². The highest BCUT2D eigenvalue weighted by molar-refractivity contribution is 5.71. The lowest BCUT2D eigenvalue weighted by Gasteiger charge is -2.19. The van der Waals surface area contributed by atoms with Crippen LogP contribution in [0.25, 0.3) is 11.1 Å². The van der Waals surface area contributed by atoms with Gasteiger partial charge in [-0.3, -0.25) is 10.00 Å². The summed E-state index contributed by atoms with van der Waals surface area (Å²) in [4.78, 5) is 4.52. The molecule has 34 heavy (non-hydrogen) atoms. The van der Waals surface area contributed by atoms with Crippen molar-refractivity contribution in [2.45, 2.75) is 13.0 Å². The molecule has 1 unspecified atom stereocenters. The Morgan fingerprint density at radius 2 is 2.15 bits per heavy atom. The van der Waals surface area contributed by atoms with E-state index in [9.17, 15) is 4.39 Å². The predicted molar refractivity (Wildman–Crippen MR) is 133 cm³/mol. The van der Waals surface area contributed by atoms with E-state index in [4.69, 9.17) is 9.47 Å². The zero-order chi connectivity index (χ0) is 23.9. The number of anilines is 1. The van der Waals surface area contributed by atoms with Crippen LogP contribution in [0.4, 0.5) is 10.1 Å². The Kier molecular flexibility index (Phi) is 8.03. The second kappa shape index (κ2) is 11.4. The van der Waals surface area contributed by atoms with Gasteiger partial charge in [-0.25, -0.2) is 4.39 Å². The first-order valence-corrected chi connectivity index (χ1v) is 11.7. The summed E-state index contributed by atoms with van der Waals surface area (Å²) in [5.41, 5.74) is 3.12. The number of hydrogen-bond donors (Lipinski definition) is 2. The van der Waals surface area contributed by atoms with Gasteiger partial charge in [-0.05, 0) is 56.7 Å². The van der Waals surface area contributed by atoms with Gasteiger partial charge in [-0.15, -0.1) is 0 Å². The normalized spacial score (nSPS) is 16.2. The van der Waals surface area contributed by atoms with Gasteiger partial charge in [-0.2, -0.15) is 5.10 Å². The maximum atomic E-state index is 14.9. The van der Waals surface area contributed by atoms with E-state index in [0.717, 1.165) is 44.9 Å². The maximum absolute atomic E-state index is 14.9. The Morgan fingerprint density at radius 1 is 1.26 bits per heavy atom. The third-order valence-corrected chi connectivity index (χ3v) is 6.17. The molecule has 0 bridgehead atoms. The van der Waals surface area contributed by atoms with E-state index in [1.807, 2.05) is 26.2 Å². The number of likely N-dealkylation sites (tertiary alicyclic amines) is 1. The quantitative estimate of drug-likeness (QED) is 0.443. The lowest BCUT2D eigenvalue weighted by molar-refractivity contribution is 0.262. The van der Waals surface area contributed by atoms with Crippen molar-refractivity contribution in [3.63, 3.8) is 0 Å².